The molecule has 0 radical (unpaired) electrons. The van der Waals surface area contributed by atoms with Crippen molar-refractivity contribution in [2.24, 2.45) is 0 Å². The summed E-state index contributed by atoms with van der Waals surface area (Å²) in [5, 5.41) is 6.07. The highest BCUT2D eigenvalue weighted by atomic mass is 16.2. The number of hydrogen-bond acceptors (Lipinski definition) is 3. The van der Waals surface area contributed by atoms with Gasteiger partial charge in [0.25, 0.3) is 0 Å². The van der Waals surface area contributed by atoms with E-state index in [9.17, 15) is 9.59 Å². The Morgan fingerprint density at radius 1 is 1.38 bits per heavy atom. The van der Waals surface area contributed by atoms with Crippen molar-refractivity contribution in [2.75, 3.05) is 19.6 Å². The molecule has 0 aromatic rings. The molecule has 2 aliphatic rings. The molecule has 2 heterocycles. The molecule has 0 saturated carbocycles. The molecular weight excluding hydrogens is 206 g/mol. The number of likely N-dealkylation sites (tertiary alicyclic amines) is 1. The topological polar surface area (TPSA) is 61.4 Å². The minimum atomic E-state index is -0.0155. The van der Waals surface area contributed by atoms with Crippen molar-refractivity contribution >= 4 is 11.8 Å². The smallest absolute Gasteiger partial charge is 0.239 e. The van der Waals surface area contributed by atoms with E-state index in [-0.39, 0.29) is 23.9 Å². The standard InChI is InChI=1S/C11H19N3O2/c1-8(15)13-9-4-6-14(7-9)11(16)10-3-2-5-12-10/h9-10,12H,2-7H2,1H3,(H,13,15)/t9?,10-/m1/s1. The van der Waals surface area contributed by atoms with Crippen LogP contribution in [0, 0.1) is 0 Å². The Morgan fingerprint density at radius 3 is 2.81 bits per heavy atom. The van der Waals surface area contributed by atoms with Crippen molar-refractivity contribution in [3.05, 3.63) is 0 Å². The second-order valence-electron chi connectivity index (χ2n) is 4.62. The number of nitrogens with one attached hydrogen (secondary N) is 2. The Hall–Kier alpha value is -1.10. The van der Waals surface area contributed by atoms with Crippen LogP contribution in [0.5, 0.6) is 0 Å². The van der Waals surface area contributed by atoms with E-state index in [4.69, 9.17) is 0 Å². The van der Waals surface area contributed by atoms with Crippen LogP contribution in [-0.2, 0) is 9.59 Å². The highest BCUT2D eigenvalue weighted by molar-refractivity contribution is 5.82. The van der Waals surface area contributed by atoms with Crippen LogP contribution in [0.2, 0.25) is 0 Å². The average Bonchev–Trinajstić information content (AvgIpc) is 2.84. The van der Waals surface area contributed by atoms with Crippen molar-refractivity contribution in [1.29, 1.82) is 0 Å². The van der Waals surface area contributed by atoms with Crippen molar-refractivity contribution in [1.82, 2.24) is 15.5 Å². The average molecular weight is 225 g/mol. The number of hydrogen-bond donors (Lipinski definition) is 2. The van der Waals surface area contributed by atoms with Gasteiger partial charge in [0.15, 0.2) is 0 Å². The molecule has 2 saturated heterocycles. The molecule has 0 aromatic carbocycles. The summed E-state index contributed by atoms with van der Waals surface area (Å²) in [7, 11) is 0. The first-order valence-electron chi connectivity index (χ1n) is 5.96. The summed E-state index contributed by atoms with van der Waals surface area (Å²) < 4.78 is 0. The van der Waals surface area contributed by atoms with Gasteiger partial charge in [-0.25, -0.2) is 0 Å². The van der Waals surface area contributed by atoms with E-state index in [1.54, 1.807) is 0 Å². The van der Waals surface area contributed by atoms with Crippen molar-refractivity contribution in [2.45, 2.75) is 38.3 Å². The van der Waals surface area contributed by atoms with E-state index in [1.807, 2.05) is 4.90 Å². The van der Waals surface area contributed by atoms with Gasteiger partial charge in [0, 0.05) is 26.1 Å². The van der Waals surface area contributed by atoms with Crippen LogP contribution in [0.25, 0.3) is 0 Å². The van der Waals surface area contributed by atoms with Crippen molar-refractivity contribution in [3.8, 4) is 0 Å². The van der Waals surface area contributed by atoms with Crippen molar-refractivity contribution in [3.63, 3.8) is 0 Å². The van der Waals surface area contributed by atoms with Gasteiger partial charge in [-0.15, -0.1) is 0 Å². The van der Waals surface area contributed by atoms with Gasteiger partial charge in [0.05, 0.1) is 6.04 Å². The lowest BCUT2D eigenvalue weighted by atomic mass is 10.2. The maximum atomic E-state index is 12.0. The largest absolute Gasteiger partial charge is 0.352 e. The molecule has 5 heteroatoms. The number of rotatable bonds is 2. The molecule has 0 aliphatic carbocycles. The van der Waals surface area contributed by atoms with E-state index in [0.717, 1.165) is 32.4 Å². The molecule has 0 spiro atoms. The zero-order valence-corrected chi connectivity index (χ0v) is 9.66. The second-order valence-corrected chi connectivity index (χ2v) is 4.62. The van der Waals surface area contributed by atoms with E-state index in [2.05, 4.69) is 10.6 Å². The fourth-order valence-electron chi connectivity index (χ4n) is 2.48. The Bertz CT molecular complexity index is 287. The molecule has 2 atom stereocenters. The van der Waals surface area contributed by atoms with Crippen LogP contribution in [0.4, 0.5) is 0 Å². The number of amides is 2. The summed E-state index contributed by atoms with van der Waals surface area (Å²) in [4.78, 5) is 24.8. The summed E-state index contributed by atoms with van der Waals surface area (Å²) in [6.45, 7) is 3.89. The zero-order valence-electron chi connectivity index (χ0n) is 9.66. The zero-order chi connectivity index (χ0) is 11.5. The Morgan fingerprint density at radius 2 is 2.19 bits per heavy atom. The van der Waals surface area contributed by atoms with E-state index in [0.29, 0.717) is 6.54 Å². The molecule has 90 valence electrons. The second kappa shape index (κ2) is 4.82. The van der Waals surface area contributed by atoms with Gasteiger partial charge in [0.1, 0.15) is 0 Å². The van der Waals surface area contributed by atoms with Crippen LogP contribution >= 0.6 is 0 Å². The van der Waals surface area contributed by atoms with Crippen LogP contribution in [0.15, 0.2) is 0 Å². The third-order valence-corrected chi connectivity index (χ3v) is 3.27. The number of carbonyl (C=O) groups is 2. The molecule has 2 aliphatic heterocycles. The summed E-state index contributed by atoms with van der Waals surface area (Å²) >= 11 is 0. The lowest BCUT2D eigenvalue weighted by molar-refractivity contribution is -0.132. The predicted molar refractivity (Wildman–Crippen MR) is 59.8 cm³/mol. The molecule has 2 amide bonds. The van der Waals surface area contributed by atoms with E-state index >= 15 is 0 Å². The summed E-state index contributed by atoms with van der Waals surface area (Å²) in [5.74, 6) is 0.184. The fraction of sp³-hybridized carbons (Fsp3) is 0.818. The van der Waals surface area contributed by atoms with Crippen molar-refractivity contribution < 1.29 is 9.59 Å². The van der Waals surface area contributed by atoms with E-state index < -0.39 is 0 Å². The number of carbonyl (C=O) groups excluding carboxylic acids is 2. The van der Waals surface area contributed by atoms with Gasteiger partial charge in [-0.2, -0.15) is 0 Å². The molecule has 16 heavy (non-hydrogen) atoms. The van der Waals surface area contributed by atoms with Gasteiger partial charge in [-0.05, 0) is 25.8 Å². The molecule has 0 bridgehead atoms. The third-order valence-electron chi connectivity index (χ3n) is 3.27. The predicted octanol–water partition coefficient (Wildman–Crippen LogP) is -0.525. The van der Waals surface area contributed by atoms with Crippen LogP contribution in [0.3, 0.4) is 0 Å². The maximum Gasteiger partial charge on any atom is 0.239 e. The van der Waals surface area contributed by atoms with E-state index in [1.165, 1.54) is 6.92 Å². The van der Waals surface area contributed by atoms with Gasteiger partial charge >= 0.3 is 0 Å². The van der Waals surface area contributed by atoms with Crippen LogP contribution < -0.4 is 10.6 Å². The molecule has 1 unspecified atom stereocenters. The van der Waals surface area contributed by atoms with Gasteiger partial charge in [-0.3, -0.25) is 9.59 Å². The SMILES string of the molecule is CC(=O)NC1CCN(C(=O)[C@H]2CCCN2)C1. The first-order valence-corrected chi connectivity index (χ1v) is 5.96. The first kappa shape index (κ1) is 11.4. The Kier molecular flexibility index (Phi) is 3.43. The fourth-order valence-corrected chi connectivity index (χ4v) is 2.48. The quantitative estimate of drug-likeness (QED) is 0.664. The van der Waals surface area contributed by atoms with Crippen LogP contribution in [0.1, 0.15) is 26.2 Å². The normalized spacial score (nSPS) is 29.4. The monoisotopic (exact) mass is 225 g/mol. The first-order chi connectivity index (χ1) is 7.66. The summed E-state index contributed by atoms with van der Waals surface area (Å²) in [6, 6.07) is 0.152. The lowest BCUT2D eigenvalue weighted by Gasteiger charge is -2.20. The molecule has 5 nitrogen and oxygen atoms in total. The minimum absolute atomic E-state index is 0.0103. The van der Waals surface area contributed by atoms with Gasteiger partial charge < -0.3 is 15.5 Å². The maximum absolute atomic E-state index is 12.0. The Balaban J connectivity index is 1.83. The highest BCUT2D eigenvalue weighted by Crippen LogP contribution is 2.14. The third kappa shape index (κ3) is 2.52. The highest BCUT2D eigenvalue weighted by Gasteiger charge is 2.32. The molecule has 2 N–H and O–H groups in total. The molecular formula is C11H19N3O2. The Labute approximate surface area is 95.6 Å². The molecule has 2 fully saturated rings. The summed E-state index contributed by atoms with van der Waals surface area (Å²) in [5.41, 5.74) is 0. The van der Waals surface area contributed by atoms with Gasteiger partial charge in [0.2, 0.25) is 11.8 Å². The number of nitrogens with zero attached hydrogens (tertiary/aromatic N) is 1. The molecule has 0 aromatic heterocycles. The minimum Gasteiger partial charge on any atom is -0.352 e. The molecule has 2 rings (SSSR count). The van der Waals surface area contributed by atoms with Gasteiger partial charge in [-0.1, -0.05) is 0 Å². The summed E-state index contributed by atoms with van der Waals surface area (Å²) in [6.07, 6.45) is 2.90. The van der Waals surface area contributed by atoms with Crippen LogP contribution in [-0.4, -0.2) is 48.4 Å². The lowest BCUT2D eigenvalue weighted by Crippen LogP contribution is -2.44.